The molecule has 54 valence electrons. The van der Waals surface area contributed by atoms with Crippen molar-refractivity contribution < 1.29 is 0 Å². The van der Waals surface area contributed by atoms with Gasteiger partial charge in [-0.05, 0) is 20.0 Å². The summed E-state index contributed by atoms with van der Waals surface area (Å²) in [6.07, 6.45) is 0. The number of rotatable bonds is 3. The van der Waals surface area contributed by atoms with Gasteiger partial charge in [-0.15, -0.1) is 6.58 Å². The molecule has 0 bridgehead atoms. The Bertz CT molecular complexity index is 95.1. The summed E-state index contributed by atoms with van der Waals surface area (Å²) in [4.78, 5) is 0. The predicted octanol–water partition coefficient (Wildman–Crippen LogP) is 2.01. The van der Waals surface area contributed by atoms with Crippen molar-refractivity contribution in [1.82, 2.24) is 5.01 Å². The first kappa shape index (κ1) is 8.50. The largest absolute Gasteiger partial charge is 0.624 e. The van der Waals surface area contributed by atoms with Crippen molar-refractivity contribution >= 4 is 0 Å². The number of hydrogen-bond acceptors (Lipinski definition) is 1. The van der Waals surface area contributed by atoms with Gasteiger partial charge in [0, 0.05) is 0 Å². The van der Waals surface area contributed by atoms with Crippen LogP contribution in [0.2, 0.25) is 0 Å². The van der Waals surface area contributed by atoms with Gasteiger partial charge in [-0.3, -0.25) is 0 Å². The Morgan fingerprint density at radius 3 is 2.00 bits per heavy atom. The van der Waals surface area contributed by atoms with Gasteiger partial charge < -0.3 is 10.4 Å². The van der Waals surface area contributed by atoms with Crippen molar-refractivity contribution in [3.63, 3.8) is 0 Å². The van der Waals surface area contributed by atoms with Gasteiger partial charge in [0.15, 0.2) is 0 Å². The van der Waals surface area contributed by atoms with Crippen molar-refractivity contribution in [1.29, 1.82) is 0 Å². The van der Waals surface area contributed by atoms with Gasteiger partial charge in [0.05, 0.1) is 0 Å². The molecule has 0 atom stereocenters. The Kier molecular flexibility index (Phi) is 3.32. The molecule has 0 heterocycles. The van der Waals surface area contributed by atoms with Crippen LogP contribution in [0.3, 0.4) is 0 Å². The molecule has 0 spiro atoms. The second-order valence-corrected chi connectivity index (χ2v) is 2.59. The summed E-state index contributed by atoms with van der Waals surface area (Å²) in [5.74, 6) is 0.451. The molecule has 0 radical (unpaired) electrons. The summed E-state index contributed by atoms with van der Waals surface area (Å²) in [5.41, 5.74) is 5.05. The Hall–Kier alpha value is -0.500. The molecular weight excluding hydrogens is 112 g/mol. The molecule has 0 aliphatic heterocycles. The maximum atomic E-state index is 4.12. The average Bonchev–Trinajstić information content (AvgIpc) is 1.63. The molecule has 0 rings (SSSR count). The molecule has 0 fully saturated rings. The van der Waals surface area contributed by atoms with Crippen LogP contribution in [0.1, 0.15) is 13.8 Å². The van der Waals surface area contributed by atoms with Crippen LogP contribution in [-0.2, 0) is 0 Å². The normalized spacial score (nSPS) is 10.4. The molecule has 9 heavy (non-hydrogen) atoms. The van der Waals surface area contributed by atoms with Gasteiger partial charge in [-0.25, -0.2) is 0 Å². The summed E-state index contributed by atoms with van der Waals surface area (Å²) < 4.78 is 0. The van der Waals surface area contributed by atoms with Gasteiger partial charge in [0.1, 0.15) is 0 Å². The van der Waals surface area contributed by atoms with Crippen LogP contribution in [0.4, 0.5) is 0 Å². The first-order chi connectivity index (χ1) is 4.04. The number of allylic oxidation sites excluding steroid dienone is 1. The van der Waals surface area contributed by atoms with Crippen LogP contribution in [0.5, 0.6) is 0 Å². The minimum absolute atomic E-state index is 0.451. The maximum absolute atomic E-state index is 4.12. The van der Waals surface area contributed by atoms with Crippen molar-refractivity contribution in [3.8, 4) is 0 Å². The van der Waals surface area contributed by atoms with E-state index in [1.54, 1.807) is 5.01 Å². The molecule has 2 heteroatoms. The van der Waals surface area contributed by atoms with E-state index in [1.807, 2.05) is 14.1 Å². The van der Waals surface area contributed by atoms with Crippen molar-refractivity contribution in [2.24, 2.45) is 5.92 Å². The van der Waals surface area contributed by atoms with Crippen LogP contribution in [0, 0.1) is 5.92 Å². The van der Waals surface area contributed by atoms with Crippen molar-refractivity contribution in [2.45, 2.75) is 13.8 Å². The van der Waals surface area contributed by atoms with E-state index in [-0.39, 0.29) is 0 Å². The molecule has 2 nitrogen and oxygen atoms in total. The summed E-state index contributed by atoms with van der Waals surface area (Å²) >= 11 is 0. The fraction of sp³-hybridized carbons (Fsp3) is 0.714. The quantitative estimate of drug-likeness (QED) is 0.530. The maximum Gasteiger partial charge on any atom is -0.0287 e. The lowest BCUT2D eigenvalue weighted by Crippen LogP contribution is -2.07. The molecule has 0 amide bonds. The van der Waals surface area contributed by atoms with Crippen LogP contribution in [0.15, 0.2) is 12.3 Å². The molecular formula is C7H15N2-. The number of hydrogen-bond donors (Lipinski definition) is 0. The van der Waals surface area contributed by atoms with E-state index in [9.17, 15) is 0 Å². The topological polar surface area (TPSA) is 17.3 Å². The summed E-state index contributed by atoms with van der Waals surface area (Å²) in [7, 11) is 3.79. The highest BCUT2D eigenvalue weighted by molar-refractivity contribution is 5.11. The standard InChI is InChI=1S/C7H15N2/c1-6(2)7(3)8-9(4)5/h6H,3H2,1-2,4-5H3/q-1. The van der Waals surface area contributed by atoms with E-state index in [0.29, 0.717) is 5.92 Å². The highest BCUT2D eigenvalue weighted by atomic mass is 15.5. The Morgan fingerprint density at radius 2 is 1.89 bits per heavy atom. The van der Waals surface area contributed by atoms with E-state index < -0.39 is 0 Å². The summed E-state index contributed by atoms with van der Waals surface area (Å²) in [6, 6.07) is 0. The third-order valence-electron chi connectivity index (χ3n) is 0.995. The molecule has 0 aliphatic rings. The zero-order valence-electron chi connectivity index (χ0n) is 6.68. The molecule has 0 saturated carbocycles. The minimum Gasteiger partial charge on any atom is -0.624 e. The lowest BCUT2D eigenvalue weighted by molar-refractivity contribution is 0.510. The van der Waals surface area contributed by atoms with E-state index in [0.717, 1.165) is 5.70 Å². The lowest BCUT2D eigenvalue weighted by atomic mass is 10.2. The molecule has 0 unspecified atom stereocenters. The first-order valence-corrected chi connectivity index (χ1v) is 3.11. The lowest BCUT2D eigenvalue weighted by Gasteiger charge is -2.34. The Labute approximate surface area is 57.5 Å². The Balaban J connectivity index is 3.51. The van der Waals surface area contributed by atoms with Gasteiger partial charge >= 0.3 is 0 Å². The Morgan fingerprint density at radius 1 is 1.44 bits per heavy atom. The van der Waals surface area contributed by atoms with Crippen molar-refractivity contribution in [2.75, 3.05) is 14.1 Å². The van der Waals surface area contributed by atoms with Crippen LogP contribution >= 0.6 is 0 Å². The molecule has 0 aliphatic carbocycles. The van der Waals surface area contributed by atoms with E-state index in [4.69, 9.17) is 0 Å². The minimum atomic E-state index is 0.451. The molecule has 0 saturated heterocycles. The smallest absolute Gasteiger partial charge is 0.0287 e. The monoisotopic (exact) mass is 127 g/mol. The van der Waals surface area contributed by atoms with E-state index in [2.05, 4.69) is 25.9 Å². The zero-order valence-corrected chi connectivity index (χ0v) is 6.68. The third-order valence-corrected chi connectivity index (χ3v) is 0.995. The fourth-order valence-electron chi connectivity index (χ4n) is 0.372. The average molecular weight is 127 g/mol. The first-order valence-electron chi connectivity index (χ1n) is 3.11. The van der Waals surface area contributed by atoms with Gasteiger partial charge in [0.25, 0.3) is 0 Å². The second-order valence-electron chi connectivity index (χ2n) is 2.59. The van der Waals surface area contributed by atoms with Crippen LogP contribution < -0.4 is 0 Å². The predicted molar refractivity (Wildman–Crippen MR) is 41.0 cm³/mol. The van der Waals surface area contributed by atoms with E-state index in [1.165, 1.54) is 0 Å². The van der Waals surface area contributed by atoms with Gasteiger partial charge in [-0.1, -0.05) is 13.8 Å². The summed E-state index contributed by atoms with van der Waals surface area (Å²) in [5, 5.41) is 1.77. The fourth-order valence-corrected chi connectivity index (χ4v) is 0.372. The van der Waals surface area contributed by atoms with E-state index >= 15 is 0 Å². The summed E-state index contributed by atoms with van der Waals surface area (Å²) in [6.45, 7) is 7.94. The molecule has 0 N–H and O–H groups in total. The zero-order chi connectivity index (χ0) is 7.44. The van der Waals surface area contributed by atoms with Gasteiger partial charge in [-0.2, -0.15) is 5.70 Å². The molecule has 0 aromatic rings. The second kappa shape index (κ2) is 3.51. The van der Waals surface area contributed by atoms with Crippen LogP contribution in [0.25, 0.3) is 5.43 Å². The SMILES string of the molecule is C=C([N-]N(C)C)C(C)C. The van der Waals surface area contributed by atoms with Gasteiger partial charge in [0.2, 0.25) is 0 Å². The highest BCUT2D eigenvalue weighted by Crippen LogP contribution is 2.13. The third kappa shape index (κ3) is 4.03. The number of nitrogens with zero attached hydrogens (tertiary/aromatic N) is 2. The molecule has 0 aromatic carbocycles. The van der Waals surface area contributed by atoms with Crippen LogP contribution in [-0.4, -0.2) is 19.1 Å². The van der Waals surface area contributed by atoms with Crippen molar-refractivity contribution in [3.05, 3.63) is 17.7 Å². The molecule has 0 aromatic heterocycles. The highest BCUT2D eigenvalue weighted by Gasteiger charge is 1.87.